The van der Waals surface area contributed by atoms with Crippen LogP contribution in [0.4, 0.5) is 0 Å². The summed E-state index contributed by atoms with van der Waals surface area (Å²) < 4.78 is 16.2. The number of nitrogens with one attached hydrogen (secondary N) is 1. The Hall–Kier alpha value is -4.12. The van der Waals surface area contributed by atoms with Gasteiger partial charge in [-0.25, -0.2) is 0 Å². The number of nitrogens with zero attached hydrogens (tertiary/aromatic N) is 3. The molecular formula is C25H24N4O4. The highest BCUT2D eigenvalue weighted by Gasteiger charge is 2.17. The van der Waals surface area contributed by atoms with Gasteiger partial charge in [0, 0.05) is 34.6 Å². The van der Waals surface area contributed by atoms with Crippen LogP contribution in [0.1, 0.15) is 38.3 Å². The van der Waals surface area contributed by atoms with Gasteiger partial charge in [-0.3, -0.25) is 4.79 Å². The summed E-state index contributed by atoms with van der Waals surface area (Å²) in [5.41, 5.74) is 3.78. The first-order valence-corrected chi connectivity index (χ1v) is 10.8. The fraction of sp³-hybridized carbons (Fsp3) is 0.280. The largest absolute Gasteiger partial charge is 0.490 e. The standard InChI is InChI=1S/C25H24N4O4/c1-4-31-22(30)10-7-16-5-8-20(19-11-12-27-23(16)19)24-28-25(33-29-24)17-6-9-21(32-15(2)3)18(13-17)14-26/h5-6,8-9,11-13,15,27H,4,7,10H2,1-3H3. The number of hydrogen-bond acceptors (Lipinski definition) is 7. The number of carbonyl (C=O) groups is 1. The van der Waals surface area contributed by atoms with Crippen LogP contribution in [0, 0.1) is 11.3 Å². The first-order chi connectivity index (χ1) is 16.0. The van der Waals surface area contributed by atoms with Gasteiger partial charge in [0.15, 0.2) is 0 Å². The predicted octanol–water partition coefficient (Wildman–Crippen LogP) is 5.04. The zero-order valence-corrected chi connectivity index (χ0v) is 18.7. The summed E-state index contributed by atoms with van der Waals surface area (Å²) in [6.07, 6.45) is 2.68. The maximum atomic E-state index is 11.7. The quantitative estimate of drug-likeness (QED) is 0.379. The topological polar surface area (TPSA) is 114 Å². The maximum absolute atomic E-state index is 11.7. The number of carbonyl (C=O) groups excluding carboxylic acids is 1. The van der Waals surface area contributed by atoms with E-state index < -0.39 is 0 Å². The van der Waals surface area contributed by atoms with Gasteiger partial charge in [0.25, 0.3) is 5.89 Å². The molecule has 168 valence electrons. The van der Waals surface area contributed by atoms with Gasteiger partial charge in [-0.15, -0.1) is 0 Å². The Bertz CT molecular complexity index is 1330. The average Bonchev–Trinajstić information content (AvgIpc) is 3.48. The number of fused-ring (bicyclic) bond motifs is 1. The van der Waals surface area contributed by atoms with Crippen LogP contribution in [0.15, 0.2) is 47.1 Å². The van der Waals surface area contributed by atoms with Crippen LogP contribution >= 0.6 is 0 Å². The lowest BCUT2D eigenvalue weighted by Gasteiger charge is -2.11. The van der Waals surface area contributed by atoms with E-state index in [-0.39, 0.29) is 12.1 Å². The molecule has 1 N–H and O–H groups in total. The minimum atomic E-state index is -0.217. The number of aryl methyl sites for hydroxylation is 1. The molecule has 0 saturated carbocycles. The minimum absolute atomic E-state index is 0.0398. The highest BCUT2D eigenvalue weighted by molar-refractivity contribution is 5.95. The van der Waals surface area contributed by atoms with Gasteiger partial charge in [-0.1, -0.05) is 17.3 Å². The van der Waals surface area contributed by atoms with Crippen LogP contribution in [-0.2, 0) is 16.0 Å². The van der Waals surface area contributed by atoms with Crippen molar-refractivity contribution in [3.63, 3.8) is 0 Å². The molecule has 0 aliphatic carbocycles. The molecule has 33 heavy (non-hydrogen) atoms. The van der Waals surface area contributed by atoms with Crippen molar-refractivity contribution in [3.8, 4) is 34.7 Å². The minimum Gasteiger partial charge on any atom is -0.490 e. The van der Waals surface area contributed by atoms with Gasteiger partial charge < -0.3 is 19.0 Å². The summed E-state index contributed by atoms with van der Waals surface area (Å²) >= 11 is 0. The number of ether oxygens (including phenoxy) is 2. The molecule has 0 aliphatic heterocycles. The monoisotopic (exact) mass is 444 g/mol. The summed E-state index contributed by atoms with van der Waals surface area (Å²) in [6.45, 7) is 5.98. The Morgan fingerprint density at radius 2 is 2.09 bits per heavy atom. The second-order valence-corrected chi connectivity index (χ2v) is 7.76. The molecule has 0 radical (unpaired) electrons. The van der Waals surface area contributed by atoms with E-state index in [4.69, 9.17) is 14.0 Å². The van der Waals surface area contributed by atoms with Crippen LogP contribution in [0.3, 0.4) is 0 Å². The molecule has 2 aromatic heterocycles. The van der Waals surface area contributed by atoms with E-state index in [0.717, 1.165) is 22.0 Å². The molecule has 2 aromatic carbocycles. The lowest BCUT2D eigenvalue weighted by Crippen LogP contribution is -2.06. The molecular weight excluding hydrogens is 420 g/mol. The van der Waals surface area contributed by atoms with E-state index >= 15 is 0 Å². The lowest BCUT2D eigenvalue weighted by molar-refractivity contribution is -0.143. The van der Waals surface area contributed by atoms with E-state index in [1.54, 1.807) is 25.1 Å². The Morgan fingerprint density at radius 1 is 1.24 bits per heavy atom. The van der Waals surface area contributed by atoms with Crippen LogP contribution in [0.25, 0.3) is 33.7 Å². The molecule has 0 atom stereocenters. The maximum Gasteiger partial charge on any atom is 0.306 e. The zero-order valence-electron chi connectivity index (χ0n) is 18.7. The Balaban J connectivity index is 1.62. The third kappa shape index (κ3) is 4.72. The summed E-state index contributed by atoms with van der Waals surface area (Å²) in [6, 6.07) is 13.2. The zero-order chi connectivity index (χ0) is 23.4. The van der Waals surface area contributed by atoms with Crippen molar-refractivity contribution in [2.24, 2.45) is 0 Å². The van der Waals surface area contributed by atoms with Crippen LogP contribution < -0.4 is 4.74 Å². The molecule has 4 aromatic rings. The van der Waals surface area contributed by atoms with Gasteiger partial charge >= 0.3 is 5.97 Å². The first kappa shape index (κ1) is 22.1. The molecule has 0 aliphatic rings. The van der Waals surface area contributed by atoms with Crippen molar-refractivity contribution in [1.29, 1.82) is 5.26 Å². The van der Waals surface area contributed by atoms with Crippen LogP contribution in [0.2, 0.25) is 0 Å². The lowest BCUT2D eigenvalue weighted by atomic mass is 10.0. The Kier molecular flexibility index (Phi) is 6.41. The van der Waals surface area contributed by atoms with Gasteiger partial charge in [0.2, 0.25) is 5.82 Å². The van der Waals surface area contributed by atoms with Crippen molar-refractivity contribution in [2.45, 2.75) is 39.7 Å². The smallest absolute Gasteiger partial charge is 0.306 e. The number of rotatable bonds is 8. The number of aromatic nitrogens is 3. The fourth-order valence-corrected chi connectivity index (χ4v) is 3.65. The molecule has 8 nitrogen and oxygen atoms in total. The molecule has 0 bridgehead atoms. The third-order valence-corrected chi connectivity index (χ3v) is 5.09. The molecule has 0 spiro atoms. The van der Waals surface area contributed by atoms with E-state index in [1.807, 2.05) is 38.2 Å². The first-order valence-electron chi connectivity index (χ1n) is 10.8. The van der Waals surface area contributed by atoms with Crippen molar-refractivity contribution in [1.82, 2.24) is 15.1 Å². The highest BCUT2D eigenvalue weighted by atomic mass is 16.5. The normalized spacial score (nSPS) is 11.0. The van der Waals surface area contributed by atoms with E-state index in [9.17, 15) is 10.1 Å². The molecule has 8 heteroatoms. The van der Waals surface area contributed by atoms with Gasteiger partial charge in [-0.2, -0.15) is 10.2 Å². The third-order valence-electron chi connectivity index (χ3n) is 5.09. The number of aromatic amines is 1. The number of nitriles is 1. The second-order valence-electron chi connectivity index (χ2n) is 7.76. The van der Waals surface area contributed by atoms with Gasteiger partial charge in [0.1, 0.15) is 11.8 Å². The summed E-state index contributed by atoms with van der Waals surface area (Å²) in [5, 5.41) is 14.6. The van der Waals surface area contributed by atoms with Crippen molar-refractivity contribution in [3.05, 3.63) is 53.7 Å². The van der Waals surface area contributed by atoms with Crippen LogP contribution in [-0.4, -0.2) is 33.8 Å². The number of benzene rings is 2. The van der Waals surface area contributed by atoms with E-state index in [2.05, 4.69) is 21.2 Å². The molecule has 0 amide bonds. The van der Waals surface area contributed by atoms with Crippen molar-refractivity contribution >= 4 is 16.9 Å². The van der Waals surface area contributed by atoms with E-state index in [0.29, 0.717) is 48.0 Å². The SMILES string of the molecule is CCOC(=O)CCc1ccc(-c2noc(-c3ccc(OC(C)C)c(C#N)c3)n2)c2cc[nH]c12. The Morgan fingerprint density at radius 3 is 2.85 bits per heavy atom. The van der Waals surface area contributed by atoms with Crippen molar-refractivity contribution in [2.75, 3.05) is 6.61 Å². The number of H-pyrrole nitrogens is 1. The molecule has 2 heterocycles. The highest BCUT2D eigenvalue weighted by Crippen LogP contribution is 2.32. The fourth-order valence-electron chi connectivity index (χ4n) is 3.65. The van der Waals surface area contributed by atoms with Gasteiger partial charge in [0.05, 0.1) is 18.3 Å². The molecule has 4 rings (SSSR count). The Labute approximate surface area is 191 Å². The predicted molar refractivity (Wildman–Crippen MR) is 122 cm³/mol. The molecule has 0 fully saturated rings. The van der Waals surface area contributed by atoms with Gasteiger partial charge in [-0.05, 0) is 57.0 Å². The molecule has 0 unspecified atom stereocenters. The van der Waals surface area contributed by atoms with Crippen molar-refractivity contribution < 1.29 is 18.8 Å². The average molecular weight is 444 g/mol. The van der Waals surface area contributed by atoms with E-state index in [1.165, 1.54) is 0 Å². The summed E-state index contributed by atoms with van der Waals surface area (Å²) in [7, 11) is 0. The summed E-state index contributed by atoms with van der Waals surface area (Å²) in [5.74, 6) is 1.05. The number of hydrogen-bond donors (Lipinski definition) is 1. The molecule has 0 saturated heterocycles. The number of esters is 1. The second kappa shape index (κ2) is 9.57. The van der Waals surface area contributed by atoms with Crippen LogP contribution in [0.5, 0.6) is 5.75 Å². The summed E-state index contributed by atoms with van der Waals surface area (Å²) in [4.78, 5) is 19.5.